The second-order valence-electron chi connectivity index (χ2n) is 11.4. The van der Waals surface area contributed by atoms with Crippen molar-refractivity contribution >= 4 is 34.3 Å². The Bertz CT molecular complexity index is 1710. The minimum absolute atomic E-state index is 0.0495. The molecular weight excluding hydrogens is 597 g/mol. The van der Waals surface area contributed by atoms with Gasteiger partial charge in [0.2, 0.25) is 0 Å². The summed E-state index contributed by atoms with van der Waals surface area (Å²) in [5, 5.41) is 4.17. The highest BCUT2D eigenvalue weighted by Crippen LogP contribution is 2.32. The molecule has 13 heteroatoms. The fraction of sp³-hybridized carbons (Fsp3) is 0.406. The van der Waals surface area contributed by atoms with Gasteiger partial charge in [-0.2, -0.15) is 4.98 Å². The second-order valence-corrected chi connectivity index (χ2v) is 11.8. The Hall–Kier alpha value is -3.97. The number of hydrogen-bond acceptors (Lipinski definition) is 7. The number of ether oxygens (including phenoxy) is 1. The highest BCUT2D eigenvalue weighted by molar-refractivity contribution is 6.31. The monoisotopic (exact) mass is 637 g/mol. The van der Waals surface area contributed by atoms with E-state index in [-0.39, 0.29) is 17.0 Å². The summed E-state index contributed by atoms with van der Waals surface area (Å²) in [4.78, 5) is 27.0. The summed E-state index contributed by atoms with van der Waals surface area (Å²) < 4.78 is 22.3. The summed E-state index contributed by atoms with van der Waals surface area (Å²) in [6.07, 6.45) is 4.99. The molecule has 45 heavy (non-hydrogen) atoms. The van der Waals surface area contributed by atoms with E-state index in [4.69, 9.17) is 33.5 Å². The van der Waals surface area contributed by atoms with E-state index in [1.807, 2.05) is 25.1 Å². The number of hydrogen-bond donors (Lipinski definition) is 5. The minimum atomic E-state index is -0.523. The molecule has 8 N–H and O–H groups in total. The van der Waals surface area contributed by atoms with Crippen LogP contribution in [0.3, 0.4) is 0 Å². The van der Waals surface area contributed by atoms with Gasteiger partial charge in [-0.3, -0.25) is 9.56 Å². The maximum atomic E-state index is 15.2. The van der Waals surface area contributed by atoms with E-state index in [1.165, 1.54) is 4.57 Å². The molecule has 0 saturated carbocycles. The van der Waals surface area contributed by atoms with Crippen LogP contribution >= 0.6 is 11.6 Å². The number of benzene rings is 2. The van der Waals surface area contributed by atoms with Gasteiger partial charge in [0.25, 0.3) is 0 Å². The van der Waals surface area contributed by atoms with Crippen LogP contribution in [0.25, 0.3) is 28.0 Å². The first kappa shape index (κ1) is 32.4. The van der Waals surface area contributed by atoms with Crippen molar-refractivity contribution in [2.75, 3.05) is 44.3 Å². The van der Waals surface area contributed by atoms with E-state index in [2.05, 4.69) is 25.2 Å². The number of anilines is 1. The van der Waals surface area contributed by atoms with E-state index < -0.39 is 11.5 Å². The molecule has 1 saturated heterocycles. The normalized spacial score (nSPS) is 14.2. The van der Waals surface area contributed by atoms with E-state index in [0.717, 1.165) is 62.1 Å². The second kappa shape index (κ2) is 14.9. The molecule has 2 aromatic heterocycles. The van der Waals surface area contributed by atoms with Crippen LogP contribution < -0.4 is 33.1 Å². The molecule has 0 radical (unpaired) electrons. The predicted molar refractivity (Wildman–Crippen MR) is 179 cm³/mol. The molecule has 240 valence electrons. The highest BCUT2D eigenvalue weighted by Gasteiger charge is 2.18. The number of fused-ring (bicyclic) bond motifs is 1. The first-order valence-corrected chi connectivity index (χ1v) is 15.7. The average Bonchev–Trinajstić information content (AvgIpc) is 3.43. The number of aromatic nitrogens is 3. The fourth-order valence-corrected chi connectivity index (χ4v) is 5.77. The lowest BCUT2D eigenvalue weighted by molar-refractivity contribution is 0.122. The van der Waals surface area contributed by atoms with Crippen LogP contribution in [0.1, 0.15) is 37.3 Å². The van der Waals surface area contributed by atoms with Crippen LogP contribution in [0.2, 0.25) is 5.02 Å². The molecule has 1 aliphatic rings. The minimum Gasteiger partial charge on any atom is -0.378 e. The molecule has 3 heterocycles. The van der Waals surface area contributed by atoms with Crippen molar-refractivity contribution in [3.63, 3.8) is 0 Å². The van der Waals surface area contributed by atoms with E-state index in [9.17, 15) is 4.79 Å². The molecule has 1 atom stereocenters. The summed E-state index contributed by atoms with van der Waals surface area (Å²) in [5.41, 5.74) is 21.2. The standard InChI is InChI=1S/C32H41ClFN9O2/c1-20(35)4-2-5-21-14-25(29(34)26(33)15-21)27-16-23-19-43(32(44)41-30(23)40-27)24-7-6-22(18-38-8-3-9-39-31(36)37)28(17-24)42-10-12-45-13-11-42/h6-7,14-17,19-20,38H,2-5,8-13,18,35H2,1H3,(H4,36,37,39)(H,40,41,44). The molecule has 1 fully saturated rings. The van der Waals surface area contributed by atoms with Crippen molar-refractivity contribution in [2.45, 2.75) is 45.2 Å². The number of morpholine rings is 1. The quantitative estimate of drug-likeness (QED) is 0.0845. The molecule has 0 aliphatic carbocycles. The number of nitrogens with two attached hydrogens (primary N) is 3. The van der Waals surface area contributed by atoms with Gasteiger partial charge >= 0.3 is 5.69 Å². The van der Waals surface area contributed by atoms with Crippen LogP contribution in [0.4, 0.5) is 10.1 Å². The number of aromatic amines is 1. The first-order valence-electron chi connectivity index (χ1n) is 15.3. The van der Waals surface area contributed by atoms with Crippen LogP contribution in [0.15, 0.2) is 52.4 Å². The number of nitrogens with one attached hydrogen (secondary N) is 2. The van der Waals surface area contributed by atoms with Gasteiger partial charge in [-0.15, -0.1) is 0 Å². The number of halogens is 2. The zero-order chi connectivity index (χ0) is 31.9. The maximum Gasteiger partial charge on any atom is 0.354 e. The summed E-state index contributed by atoms with van der Waals surface area (Å²) >= 11 is 6.28. The number of rotatable bonds is 13. The van der Waals surface area contributed by atoms with Gasteiger partial charge in [0.15, 0.2) is 11.8 Å². The molecule has 2 aromatic carbocycles. The van der Waals surface area contributed by atoms with Gasteiger partial charge < -0.3 is 37.1 Å². The van der Waals surface area contributed by atoms with Crippen molar-refractivity contribution in [1.82, 2.24) is 19.9 Å². The van der Waals surface area contributed by atoms with E-state index in [1.54, 1.807) is 24.4 Å². The van der Waals surface area contributed by atoms with Crippen molar-refractivity contribution < 1.29 is 9.13 Å². The third kappa shape index (κ3) is 8.20. The van der Waals surface area contributed by atoms with Gasteiger partial charge in [0.05, 0.1) is 29.6 Å². The number of nitrogens with zero attached hydrogens (tertiary/aromatic N) is 4. The molecule has 0 spiro atoms. The highest BCUT2D eigenvalue weighted by atomic mass is 35.5. The third-order valence-electron chi connectivity index (χ3n) is 7.83. The van der Waals surface area contributed by atoms with Crippen molar-refractivity contribution in [3.8, 4) is 16.9 Å². The largest absolute Gasteiger partial charge is 0.378 e. The first-order chi connectivity index (χ1) is 21.7. The Labute approximate surface area is 266 Å². The Kier molecular flexibility index (Phi) is 10.7. The predicted octanol–water partition coefficient (Wildman–Crippen LogP) is 3.43. The molecule has 1 aliphatic heterocycles. The lowest BCUT2D eigenvalue weighted by Crippen LogP contribution is -2.37. The van der Waals surface area contributed by atoms with Gasteiger partial charge in [0.1, 0.15) is 5.65 Å². The van der Waals surface area contributed by atoms with Crippen LogP contribution in [0, 0.1) is 5.82 Å². The van der Waals surface area contributed by atoms with Gasteiger partial charge in [0, 0.05) is 55.1 Å². The van der Waals surface area contributed by atoms with E-state index in [0.29, 0.717) is 54.3 Å². The number of H-pyrrole nitrogens is 1. The van der Waals surface area contributed by atoms with Gasteiger partial charge in [-0.1, -0.05) is 17.7 Å². The molecule has 1 unspecified atom stereocenters. The summed E-state index contributed by atoms with van der Waals surface area (Å²) in [7, 11) is 0. The molecule has 11 nitrogen and oxygen atoms in total. The van der Waals surface area contributed by atoms with Crippen LogP contribution in [-0.2, 0) is 17.7 Å². The van der Waals surface area contributed by atoms with Crippen molar-refractivity contribution in [2.24, 2.45) is 22.2 Å². The lowest BCUT2D eigenvalue weighted by Gasteiger charge is -2.31. The van der Waals surface area contributed by atoms with Gasteiger partial charge in [-0.25, -0.2) is 9.18 Å². The molecule has 4 aromatic rings. The number of aryl methyl sites for hydroxylation is 1. The van der Waals surface area contributed by atoms with Gasteiger partial charge in [-0.05, 0) is 80.6 Å². The zero-order valence-electron chi connectivity index (χ0n) is 25.5. The Morgan fingerprint density at radius 3 is 2.76 bits per heavy atom. The van der Waals surface area contributed by atoms with Crippen LogP contribution in [-0.4, -0.2) is 65.9 Å². The number of aliphatic imine (C=N–C) groups is 1. The summed E-state index contributed by atoms with van der Waals surface area (Å²) in [5.74, 6) is -0.432. The van der Waals surface area contributed by atoms with Crippen molar-refractivity contribution in [3.05, 3.63) is 75.0 Å². The number of guanidine groups is 1. The Morgan fingerprint density at radius 2 is 2.00 bits per heavy atom. The van der Waals surface area contributed by atoms with Crippen molar-refractivity contribution in [1.29, 1.82) is 0 Å². The zero-order valence-corrected chi connectivity index (χ0v) is 26.2. The Balaban J connectivity index is 1.43. The smallest absolute Gasteiger partial charge is 0.354 e. The summed E-state index contributed by atoms with van der Waals surface area (Å²) in [6.45, 7) is 6.65. The fourth-order valence-electron chi connectivity index (χ4n) is 5.52. The molecular formula is C32H41ClFN9O2. The average molecular weight is 638 g/mol. The topological polar surface area (TPSA) is 166 Å². The molecule has 0 bridgehead atoms. The summed E-state index contributed by atoms with van der Waals surface area (Å²) in [6, 6.07) is 11.3. The SMILES string of the molecule is CC(N)CCCc1cc(Cl)c(F)c(-c2cc3cn(-c4ccc(CNCCCN=C(N)N)c(N5CCOCC5)c4)c(=O)nc3[nH]2)c1. The van der Waals surface area contributed by atoms with E-state index >= 15 is 4.39 Å². The lowest BCUT2D eigenvalue weighted by atomic mass is 10.0. The molecule has 0 amide bonds. The molecule has 5 rings (SSSR count). The third-order valence-corrected chi connectivity index (χ3v) is 8.11. The Morgan fingerprint density at radius 1 is 1.20 bits per heavy atom. The van der Waals surface area contributed by atoms with Crippen LogP contribution in [0.5, 0.6) is 0 Å². The maximum absolute atomic E-state index is 15.2.